The topological polar surface area (TPSA) is 77.5 Å². The molecule has 0 aromatic heterocycles. The van der Waals surface area contributed by atoms with Gasteiger partial charge in [-0.2, -0.15) is 8.42 Å². The van der Waals surface area contributed by atoms with Crippen LogP contribution in [0.15, 0.2) is 0 Å². The Morgan fingerprint density at radius 1 is 1.27 bits per heavy atom. The van der Waals surface area contributed by atoms with Crippen LogP contribution in [0.25, 0.3) is 0 Å². The third-order valence-electron chi connectivity index (χ3n) is 0.151. The van der Waals surface area contributed by atoms with Crippen LogP contribution in [0, 0.1) is 0 Å². The monoisotopic (exact) mass is 227 g/mol. The molecule has 70 valence electrons. The molecule has 0 aliphatic rings. The summed E-state index contributed by atoms with van der Waals surface area (Å²) in [5.74, 6) is 0. The van der Waals surface area contributed by atoms with Crippen LogP contribution in [-0.4, -0.2) is 36.4 Å². The van der Waals surface area contributed by atoms with Gasteiger partial charge < -0.3 is 0 Å². The minimum Gasteiger partial charge on any atom is -0.274 e. The van der Waals surface area contributed by atoms with Gasteiger partial charge in [-0.05, 0) is 0 Å². The Kier molecular flexibility index (Phi) is 3.48. The molecule has 0 rings (SSSR count). The maximum Gasteiger partial charge on any atom is 0.264 e. The van der Waals surface area contributed by atoms with Gasteiger partial charge in [-0.25, -0.2) is 8.42 Å². The highest BCUT2D eigenvalue weighted by Gasteiger charge is 1.90. The fraction of sp³-hybridized carbons (Fsp3) is 1.00. The van der Waals surface area contributed by atoms with Crippen LogP contribution in [-0.2, 0) is 23.4 Å². The zero-order valence-corrected chi connectivity index (χ0v) is 8.12. The minimum absolute atomic E-state index is 0.680. The van der Waals surface area contributed by atoms with Gasteiger partial charge in [-0.3, -0.25) is 4.18 Å². The molecule has 8 heteroatoms. The average Bonchev–Trinajstić information content (AvgIpc) is 1.42. The Balaban J connectivity index is 0. The molecule has 0 aromatic rings. The Hall–Kier alpha value is 0.150. The molecule has 0 amide bonds. The molecule has 0 saturated heterocycles. The number of rotatable bonds is 1. The molecule has 0 spiro atoms. The first-order valence-electron chi connectivity index (χ1n) is 3.51. The van der Waals surface area contributed by atoms with E-state index in [0.717, 1.165) is 6.26 Å². The van der Waals surface area contributed by atoms with Crippen molar-refractivity contribution in [2.45, 2.75) is 0 Å². The lowest BCUT2D eigenvalue weighted by atomic mass is 11.8. The second-order valence-corrected chi connectivity index (χ2v) is 6.09. The van der Waals surface area contributed by atoms with E-state index in [0.29, 0.717) is 6.26 Å². The Labute approximate surface area is 75.1 Å². The van der Waals surface area contributed by atoms with Crippen molar-refractivity contribution in [3.63, 3.8) is 0 Å². The van der Waals surface area contributed by atoms with E-state index in [4.69, 9.17) is 4.11 Å². The van der Waals surface area contributed by atoms with Gasteiger partial charge in [0.05, 0.1) is 23.7 Å². The largest absolute Gasteiger partial charge is 0.274 e. The van der Waals surface area contributed by atoms with Crippen LogP contribution in [0.4, 0.5) is 0 Å². The van der Waals surface area contributed by atoms with Gasteiger partial charge in [0, 0.05) is 10.7 Å². The molecule has 0 radical (unpaired) electrons. The van der Waals surface area contributed by atoms with Crippen molar-refractivity contribution in [2.75, 3.05) is 19.5 Å². The maximum absolute atomic E-state index is 10.1. The zero-order chi connectivity index (χ0) is 12.2. The third kappa shape index (κ3) is 67.9. The molecular formula is C3H9ClO5S2. The number of hydrogen-bond acceptors (Lipinski definition) is 5. The van der Waals surface area contributed by atoms with E-state index in [1.807, 2.05) is 0 Å². The summed E-state index contributed by atoms with van der Waals surface area (Å²) in [4.78, 5) is 0. The molecule has 0 unspecified atom stereocenters. The van der Waals surface area contributed by atoms with Crippen molar-refractivity contribution >= 4 is 29.9 Å². The van der Waals surface area contributed by atoms with Crippen LogP contribution in [0.3, 0.4) is 0 Å². The third-order valence-corrected chi connectivity index (χ3v) is 0.454. The van der Waals surface area contributed by atoms with E-state index in [1.165, 1.54) is 0 Å². The highest BCUT2D eigenvalue weighted by Crippen LogP contribution is 1.83. The molecule has 0 aliphatic heterocycles. The van der Waals surface area contributed by atoms with E-state index >= 15 is 0 Å². The first-order chi connectivity index (χ1) is 5.71. The van der Waals surface area contributed by atoms with Crippen molar-refractivity contribution in [1.82, 2.24) is 0 Å². The van der Waals surface area contributed by atoms with Crippen LogP contribution >= 0.6 is 10.7 Å². The molecule has 0 atom stereocenters. The summed E-state index contributed by atoms with van der Waals surface area (Å²) in [6.07, 6.45) is 1.61. The van der Waals surface area contributed by atoms with Crippen molar-refractivity contribution in [1.29, 1.82) is 0 Å². The average molecular weight is 228 g/mol. The maximum atomic E-state index is 10.1. The minimum atomic E-state index is -3.84. The van der Waals surface area contributed by atoms with Crippen LogP contribution in [0.1, 0.15) is 4.11 Å². The standard InChI is InChI=1S/C2H6O3S.CH3ClO2S/c1-5-6(2,3)4;1-5(2,3)4/h1-2H3;1H3/i1D3;. The van der Waals surface area contributed by atoms with Gasteiger partial charge in [0.15, 0.2) is 0 Å². The first-order valence-corrected chi connectivity index (χ1v) is 6.54. The van der Waals surface area contributed by atoms with Crippen molar-refractivity contribution in [3.8, 4) is 0 Å². The van der Waals surface area contributed by atoms with Gasteiger partial charge in [0.2, 0.25) is 9.05 Å². The van der Waals surface area contributed by atoms with Crippen LogP contribution in [0.5, 0.6) is 0 Å². The first kappa shape index (κ1) is 7.78. The molecule has 11 heavy (non-hydrogen) atoms. The summed E-state index contributed by atoms with van der Waals surface area (Å²) >= 11 is 0. The van der Waals surface area contributed by atoms with Gasteiger partial charge in [0.1, 0.15) is 0 Å². The number of halogens is 1. The summed E-state index contributed by atoms with van der Waals surface area (Å²) in [6, 6.07) is 0. The lowest BCUT2D eigenvalue weighted by Gasteiger charge is -1.84. The van der Waals surface area contributed by atoms with Gasteiger partial charge in [-0.1, -0.05) is 0 Å². The Morgan fingerprint density at radius 3 is 1.55 bits per heavy atom. The Morgan fingerprint density at radius 2 is 1.55 bits per heavy atom. The van der Waals surface area contributed by atoms with Crippen molar-refractivity contribution in [3.05, 3.63) is 0 Å². The van der Waals surface area contributed by atoms with Gasteiger partial charge >= 0.3 is 0 Å². The summed E-state index contributed by atoms with van der Waals surface area (Å²) in [5, 5.41) is 0. The van der Waals surface area contributed by atoms with Crippen LogP contribution < -0.4 is 0 Å². The fourth-order valence-corrected chi connectivity index (χ4v) is 0. The second-order valence-electron chi connectivity index (χ2n) is 1.47. The van der Waals surface area contributed by atoms with E-state index in [9.17, 15) is 16.8 Å². The van der Waals surface area contributed by atoms with Crippen LogP contribution in [0.2, 0.25) is 0 Å². The molecule has 0 aliphatic carbocycles. The predicted molar refractivity (Wildman–Crippen MR) is 42.5 cm³/mol. The smallest absolute Gasteiger partial charge is 0.264 e. The summed E-state index contributed by atoms with van der Waals surface area (Å²) in [6.45, 7) is 0. The van der Waals surface area contributed by atoms with E-state index in [1.54, 1.807) is 0 Å². The molecule has 0 N–H and O–H groups in total. The summed E-state index contributed by atoms with van der Waals surface area (Å²) in [7, 11) is -5.39. The lowest BCUT2D eigenvalue weighted by Crippen LogP contribution is -1.95. The summed E-state index contributed by atoms with van der Waals surface area (Å²) in [5.41, 5.74) is 0. The van der Waals surface area contributed by atoms with Gasteiger partial charge in [-0.15, -0.1) is 0 Å². The van der Waals surface area contributed by atoms with E-state index in [2.05, 4.69) is 14.9 Å². The molecule has 0 bridgehead atoms. The predicted octanol–water partition coefficient (Wildman–Crippen LogP) is -0.223. The SMILES string of the molecule is CS(=O)(=O)Cl.[2H]C([2H])([2H])OS(C)(=O)=O. The molecule has 5 nitrogen and oxygen atoms in total. The second kappa shape index (κ2) is 4.91. The lowest BCUT2D eigenvalue weighted by molar-refractivity contribution is 0.403. The zero-order valence-electron chi connectivity index (χ0n) is 8.74. The fourth-order valence-electron chi connectivity index (χ4n) is 0. The quantitative estimate of drug-likeness (QED) is 0.457. The Bertz CT molecular complexity index is 346. The molecule has 0 heterocycles. The van der Waals surface area contributed by atoms with Gasteiger partial charge in [0.25, 0.3) is 10.1 Å². The molecule has 0 saturated carbocycles. The highest BCUT2D eigenvalue weighted by atomic mass is 35.7. The normalized spacial score (nSPS) is 16.8. The van der Waals surface area contributed by atoms with Crippen molar-refractivity contribution in [2.24, 2.45) is 0 Å². The van der Waals surface area contributed by atoms with E-state index < -0.39 is 26.2 Å². The molecule has 0 fully saturated rings. The molecular weight excluding hydrogens is 216 g/mol. The molecule has 0 aromatic carbocycles. The van der Waals surface area contributed by atoms with E-state index in [-0.39, 0.29) is 0 Å². The number of hydrogen-bond donors (Lipinski definition) is 0. The summed E-state index contributed by atoms with van der Waals surface area (Å²) < 4.78 is 61.5. The van der Waals surface area contributed by atoms with Crippen molar-refractivity contribution < 1.29 is 25.1 Å². The highest BCUT2D eigenvalue weighted by molar-refractivity contribution is 8.13.